The van der Waals surface area contributed by atoms with Crippen molar-refractivity contribution in [1.29, 1.82) is 0 Å². The molecule has 27 heavy (non-hydrogen) atoms. The summed E-state index contributed by atoms with van der Waals surface area (Å²) in [4.78, 5) is 26.9. The predicted molar refractivity (Wildman–Crippen MR) is 106 cm³/mol. The van der Waals surface area contributed by atoms with Crippen LogP contribution in [0.15, 0.2) is 48.5 Å². The van der Waals surface area contributed by atoms with Gasteiger partial charge in [-0.3, -0.25) is 9.59 Å². The van der Waals surface area contributed by atoms with Crippen LogP contribution in [-0.4, -0.2) is 32.0 Å². The first-order valence-electron chi connectivity index (χ1n) is 9.17. The summed E-state index contributed by atoms with van der Waals surface area (Å²) in [6, 6.07) is 15.1. The number of nitrogens with one attached hydrogen (secondary N) is 2. The lowest BCUT2D eigenvalue weighted by Gasteiger charge is -2.19. The zero-order valence-corrected chi connectivity index (χ0v) is 15.7. The molecule has 1 atom stereocenters. The van der Waals surface area contributed by atoms with Crippen LogP contribution in [0.1, 0.15) is 18.9 Å². The molecule has 0 spiro atoms. The lowest BCUT2D eigenvalue weighted by Crippen LogP contribution is -2.28. The number of ether oxygens (including phenoxy) is 1. The highest BCUT2D eigenvalue weighted by atomic mass is 16.5. The minimum Gasteiger partial charge on any atom is -0.495 e. The van der Waals surface area contributed by atoms with Gasteiger partial charge in [0, 0.05) is 25.2 Å². The Balaban J connectivity index is 1.71. The third-order valence-electron chi connectivity index (χ3n) is 4.71. The minimum atomic E-state index is -0.394. The molecule has 0 radical (unpaired) electrons. The minimum absolute atomic E-state index is 0.0689. The molecule has 1 fully saturated rings. The molecular weight excluding hydrogens is 342 g/mol. The maximum absolute atomic E-state index is 12.8. The van der Waals surface area contributed by atoms with Gasteiger partial charge in [-0.1, -0.05) is 37.3 Å². The number of para-hydroxylation sites is 3. The van der Waals surface area contributed by atoms with E-state index >= 15 is 0 Å². The molecule has 2 aromatic carbocycles. The fourth-order valence-electron chi connectivity index (χ4n) is 3.26. The van der Waals surface area contributed by atoms with Crippen molar-refractivity contribution in [1.82, 2.24) is 5.32 Å². The number of carbonyl (C=O) groups is 2. The quantitative estimate of drug-likeness (QED) is 0.789. The largest absolute Gasteiger partial charge is 0.495 e. The zero-order chi connectivity index (χ0) is 19.2. The molecule has 1 saturated heterocycles. The van der Waals surface area contributed by atoms with Gasteiger partial charge in [-0.2, -0.15) is 0 Å². The monoisotopic (exact) mass is 367 g/mol. The van der Waals surface area contributed by atoms with Gasteiger partial charge in [0.15, 0.2) is 0 Å². The van der Waals surface area contributed by atoms with Crippen LogP contribution in [-0.2, 0) is 16.1 Å². The summed E-state index contributed by atoms with van der Waals surface area (Å²) in [7, 11) is 1.57. The molecule has 1 unspecified atom stereocenters. The Hall–Kier alpha value is -2.86. The van der Waals surface area contributed by atoms with Crippen LogP contribution < -0.4 is 20.3 Å². The third-order valence-corrected chi connectivity index (χ3v) is 4.71. The highest BCUT2D eigenvalue weighted by molar-refractivity contribution is 6.04. The van der Waals surface area contributed by atoms with Gasteiger partial charge in [0.05, 0.1) is 18.7 Å². The van der Waals surface area contributed by atoms with E-state index in [-0.39, 0.29) is 18.2 Å². The van der Waals surface area contributed by atoms with Crippen LogP contribution in [0.4, 0.5) is 11.4 Å². The second-order valence-corrected chi connectivity index (χ2v) is 6.50. The first-order valence-corrected chi connectivity index (χ1v) is 9.17. The number of benzene rings is 2. The molecule has 0 saturated carbocycles. The average Bonchev–Trinajstić information content (AvgIpc) is 3.09. The van der Waals surface area contributed by atoms with E-state index in [9.17, 15) is 9.59 Å². The fraction of sp³-hybridized carbons (Fsp3) is 0.333. The first kappa shape index (κ1) is 18.9. The lowest BCUT2D eigenvalue weighted by molar-refractivity contribution is -0.122. The van der Waals surface area contributed by atoms with Gasteiger partial charge in [-0.15, -0.1) is 0 Å². The molecule has 142 valence electrons. The number of amides is 2. The van der Waals surface area contributed by atoms with E-state index in [1.807, 2.05) is 55.5 Å². The summed E-state index contributed by atoms with van der Waals surface area (Å²) in [5, 5.41) is 6.26. The van der Waals surface area contributed by atoms with Gasteiger partial charge in [0.2, 0.25) is 11.8 Å². The van der Waals surface area contributed by atoms with Gasteiger partial charge in [0.25, 0.3) is 0 Å². The summed E-state index contributed by atoms with van der Waals surface area (Å²) >= 11 is 0. The van der Waals surface area contributed by atoms with Gasteiger partial charge in [-0.05, 0) is 30.3 Å². The van der Waals surface area contributed by atoms with Crippen molar-refractivity contribution in [2.75, 3.05) is 30.4 Å². The van der Waals surface area contributed by atoms with Crippen LogP contribution in [0.2, 0.25) is 0 Å². The topological polar surface area (TPSA) is 70.7 Å². The van der Waals surface area contributed by atoms with Gasteiger partial charge in [0.1, 0.15) is 5.75 Å². The smallest absolute Gasteiger partial charge is 0.229 e. The Labute approximate surface area is 159 Å². The summed E-state index contributed by atoms with van der Waals surface area (Å²) < 4.78 is 5.35. The van der Waals surface area contributed by atoms with Crippen molar-refractivity contribution in [2.24, 2.45) is 5.92 Å². The van der Waals surface area contributed by atoms with E-state index in [4.69, 9.17) is 4.74 Å². The maximum Gasteiger partial charge on any atom is 0.229 e. The van der Waals surface area contributed by atoms with E-state index in [0.29, 0.717) is 24.5 Å². The second-order valence-electron chi connectivity index (χ2n) is 6.50. The Morgan fingerprint density at radius 2 is 1.93 bits per heavy atom. The van der Waals surface area contributed by atoms with Crippen LogP contribution >= 0.6 is 0 Å². The van der Waals surface area contributed by atoms with Crippen molar-refractivity contribution in [2.45, 2.75) is 19.9 Å². The molecule has 2 aromatic rings. The molecule has 0 aliphatic carbocycles. The fourth-order valence-corrected chi connectivity index (χ4v) is 3.26. The van der Waals surface area contributed by atoms with E-state index in [0.717, 1.165) is 17.8 Å². The van der Waals surface area contributed by atoms with Gasteiger partial charge < -0.3 is 20.3 Å². The molecule has 3 rings (SSSR count). The molecule has 2 N–H and O–H groups in total. The summed E-state index contributed by atoms with van der Waals surface area (Å²) in [5.41, 5.74) is 2.51. The van der Waals surface area contributed by atoms with Crippen LogP contribution in [0.5, 0.6) is 5.75 Å². The Kier molecular flexibility index (Phi) is 6.08. The van der Waals surface area contributed by atoms with Crippen LogP contribution in [0, 0.1) is 5.92 Å². The molecule has 1 aliphatic rings. The van der Waals surface area contributed by atoms with Crippen molar-refractivity contribution >= 4 is 23.2 Å². The lowest BCUT2D eigenvalue weighted by atomic mass is 10.1. The number of hydrogen-bond donors (Lipinski definition) is 2. The van der Waals surface area contributed by atoms with Gasteiger partial charge >= 0.3 is 0 Å². The van der Waals surface area contributed by atoms with E-state index in [1.165, 1.54) is 0 Å². The van der Waals surface area contributed by atoms with E-state index in [2.05, 4.69) is 10.6 Å². The van der Waals surface area contributed by atoms with Crippen molar-refractivity contribution in [3.63, 3.8) is 0 Å². The highest BCUT2D eigenvalue weighted by Gasteiger charge is 2.36. The molecule has 0 bridgehead atoms. The first-order chi connectivity index (χ1) is 13.1. The SMILES string of the molecule is CCNCc1ccccc1NC(=O)C1CC(=O)N(c2ccccc2OC)C1. The second kappa shape index (κ2) is 8.68. The highest BCUT2D eigenvalue weighted by Crippen LogP contribution is 2.33. The number of nitrogens with zero attached hydrogens (tertiary/aromatic N) is 1. The third kappa shape index (κ3) is 4.28. The summed E-state index contributed by atoms with van der Waals surface area (Å²) in [6.45, 7) is 3.93. The van der Waals surface area contributed by atoms with Crippen LogP contribution in [0.25, 0.3) is 0 Å². The Morgan fingerprint density at radius 3 is 2.70 bits per heavy atom. The standard InChI is InChI=1S/C21H25N3O3/c1-3-22-13-15-8-4-5-9-17(15)23-21(26)16-12-20(25)24(14-16)18-10-6-7-11-19(18)27-2/h4-11,16,22H,3,12-14H2,1-2H3,(H,23,26). The molecule has 1 aliphatic heterocycles. The predicted octanol–water partition coefficient (Wildman–Crippen LogP) is 2.80. The Bertz CT molecular complexity index is 822. The average molecular weight is 367 g/mol. The van der Waals surface area contributed by atoms with Gasteiger partial charge in [-0.25, -0.2) is 0 Å². The molecule has 0 aromatic heterocycles. The van der Waals surface area contributed by atoms with Crippen molar-refractivity contribution in [3.8, 4) is 5.75 Å². The summed E-state index contributed by atoms with van der Waals surface area (Å²) in [5.74, 6) is 0.0303. The van der Waals surface area contributed by atoms with E-state index in [1.54, 1.807) is 12.0 Å². The molecular formula is C21H25N3O3. The Morgan fingerprint density at radius 1 is 1.19 bits per heavy atom. The number of rotatable bonds is 7. The number of methoxy groups -OCH3 is 1. The van der Waals surface area contributed by atoms with Crippen LogP contribution in [0.3, 0.4) is 0 Å². The number of hydrogen-bond acceptors (Lipinski definition) is 4. The molecule has 6 nitrogen and oxygen atoms in total. The zero-order valence-electron chi connectivity index (χ0n) is 15.7. The van der Waals surface area contributed by atoms with Crippen molar-refractivity contribution < 1.29 is 14.3 Å². The number of carbonyl (C=O) groups excluding carboxylic acids is 2. The van der Waals surface area contributed by atoms with E-state index < -0.39 is 5.92 Å². The van der Waals surface area contributed by atoms with Crippen molar-refractivity contribution in [3.05, 3.63) is 54.1 Å². The summed E-state index contributed by atoms with van der Waals surface area (Å²) in [6.07, 6.45) is 0.194. The molecule has 2 amide bonds. The number of anilines is 2. The molecule has 1 heterocycles. The maximum atomic E-state index is 12.8. The molecule has 6 heteroatoms. The normalized spacial score (nSPS) is 16.4.